The Balaban J connectivity index is 1.54. The van der Waals surface area contributed by atoms with E-state index in [0.717, 1.165) is 25.8 Å². The van der Waals surface area contributed by atoms with Gasteiger partial charge in [-0.1, -0.05) is 0 Å². The van der Waals surface area contributed by atoms with E-state index in [1.54, 1.807) is 20.5 Å². The average Bonchev–Trinajstić information content (AvgIpc) is 3.04. The second kappa shape index (κ2) is 5.15. The number of piperazine rings is 1. The van der Waals surface area contributed by atoms with Crippen molar-refractivity contribution < 1.29 is 9.59 Å². The van der Waals surface area contributed by atoms with Crippen molar-refractivity contribution in [2.45, 2.75) is 31.8 Å². The molecule has 0 radical (unpaired) electrons. The third kappa shape index (κ3) is 2.35. The minimum absolute atomic E-state index is 0.0791. The molecule has 2 amide bonds. The molecule has 1 aromatic rings. The second-order valence-electron chi connectivity index (χ2n) is 5.36. The topological polar surface area (TPSA) is 84.5 Å². The smallest absolute Gasteiger partial charge is 0.245 e. The van der Waals surface area contributed by atoms with Crippen molar-refractivity contribution in [3.05, 3.63) is 12.3 Å². The van der Waals surface area contributed by atoms with Crippen LogP contribution < -0.4 is 5.73 Å². The van der Waals surface area contributed by atoms with Crippen molar-refractivity contribution >= 4 is 17.6 Å². The van der Waals surface area contributed by atoms with Gasteiger partial charge >= 0.3 is 0 Å². The second-order valence-corrected chi connectivity index (χ2v) is 5.36. The summed E-state index contributed by atoms with van der Waals surface area (Å²) in [6, 6.07) is 1.53. The van der Waals surface area contributed by atoms with Crippen LogP contribution in [0.25, 0.3) is 0 Å². The number of carbonyl (C=O) groups is 2. The Morgan fingerprint density at radius 2 is 2.20 bits per heavy atom. The quantitative estimate of drug-likeness (QED) is 0.818. The Hall–Kier alpha value is -2.05. The number of hydrogen-bond donors (Lipinski definition) is 1. The van der Waals surface area contributed by atoms with E-state index in [4.69, 9.17) is 5.73 Å². The largest absolute Gasteiger partial charge is 0.382 e. The van der Waals surface area contributed by atoms with Crippen LogP contribution in [0.3, 0.4) is 0 Å². The maximum atomic E-state index is 12.3. The van der Waals surface area contributed by atoms with Crippen molar-refractivity contribution in [1.29, 1.82) is 0 Å². The molecule has 20 heavy (non-hydrogen) atoms. The van der Waals surface area contributed by atoms with Gasteiger partial charge in [0.25, 0.3) is 0 Å². The molecule has 1 atom stereocenters. The molecule has 7 nitrogen and oxygen atoms in total. The molecule has 2 saturated heterocycles. The molecule has 0 saturated carbocycles. The number of nitrogens with zero attached hydrogens (tertiary/aromatic N) is 4. The summed E-state index contributed by atoms with van der Waals surface area (Å²) in [5.41, 5.74) is 5.55. The molecule has 1 unspecified atom stereocenters. The van der Waals surface area contributed by atoms with Gasteiger partial charge in [-0.25, -0.2) is 0 Å². The van der Waals surface area contributed by atoms with Crippen molar-refractivity contribution in [3.8, 4) is 0 Å². The number of fused-ring (bicyclic) bond motifs is 1. The predicted molar refractivity (Wildman–Crippen MR) is 72.6 cm³/mol. The van der Waals surface area contributed by atoms with Crippen LogP contribution in [-0.2, 0) is 16.1 Å². The maximum absolute atomic E-state index is 12.3. The molecule has 0 aliphatic carbocycles. The summed E-state index contributed by atoms with van der Waals surface area (Å²) in [5, 5.41) is 4.10. The molecular weight excluding hydrogens is 258 g/mol. The zero-order chi connectivity index (χ0) is 14.1. The molecule has 108 valence electrons. The number of hydrogen-bond acceptors (Lipinski definition) is 4. The van der Waals surface area contributed by atoms with E-state index in [1.807, 2.05) is 6.20 Å². The van der Waals surface area contributed by atoms with Gasteiger partial charge in [-0.2, -0.15) is 5.10 Å². The lowest BCUT2D eigenvalue weighted by Crippen LogP contribution is -2.57. The van der Waals surface area contributed by atoms with Gasteiger partial charge in [0.05, 0.1) is 6.54 Å². The van der Waals surface area contributed by atoms with Gasteiger partial charge in [0.15, 0.2) is 0 Å². The van der Waals surface area contributed by atoms with Gasteiger partial charge in [0, 0.05) is 25.8 Å². The molecule has 0 bridgehead atoms. The number of rotatable bonds is 4. The summed E-state index contributed by atoms with van der Waals surface area (Å²) >= 11 is 0. The third-order valence-electron chi connectivity index (χ3n) is 3.97. The molecule has 3 heterocycles. The van der Waals surface area contributed by atoms with Crippen LogP contribution >= 0.6 is 0 Å². The highest BCUT2D eigenvalue weighted by Gasteiger charge is 2.41. The lowest BCUT2D eigenvalue weighted by molar-refractivity contribution is -0.153. The Kier molecular flexibility index (Phi) is 3.33. The zero-order valence-corrected chi connectivity index (χ0v) is 11.4. The molecule has 2 N–H and O–H groups in total. The van der Waals surface area contributed by atoms with Crippen molar-refractivity contribution in [1.82, 2.24) is 19.6 Å². The Morgan fingerprint density at radius 1 is 1.35 bits per heavy atom. The highest BCUT2D eigenvalue weighted by Crippen LogP contribution is 2.23. The Labute approximate surface area is 117 Å². The fourth-order valence-electron chi connectivity index (χ4n) is 2.98. The van der Waals surface area contributed by atoms with Crippen LogP contribution in [0, 0.1) is 0 Å². The van der Waals surface area contributed by atoms with E-state index in [2.05, 4.69) is 5.10 Å². The van der Waals surface area contributed by atoms with Crippen molar-refractivity contribution in [3.63, 3.8) is 0 Å². The summed E-state index contributed by atoms with van der Waals surface area (Å²) < 4.78 is 1.76. The monoisotopic (exact) mass is 277 g/mol. The summed E-state index contributed by atoms with van der Waals surface area (Å²) in [5.74, 6) is 0.674. The first-order chi connectivity index (χ1) is 9.65. The van der Waals surface area contributed by atoms with Gasteiger partial charge in [-0.3, -0.25) is 14.3 Å². The lowest BCUT2D eigenvalue weighted by Gasteiger charge is -2.36. The van der Waals surface area contributed by atoms with Crippen LogP contribution in [0.15, 0.2) is 12.3 Å². The van der Waals surface area contributed by atoms with Gasteiger partial charge in [0.1, 0.15) is 11.9 Å². The van der Waals surface area contributed by atoms with Crippen molar-refractivity contribution in [2.75, 3.05) is 25.4 Å². The standard InChI is InChI=1S/C13H19N5O2/c14-11-4-8-17(15-11)6-2-5-16-9-12(19)18-7-1-3-10(18)13(16)20/h4,8,10H,1-3,5-7,9H2,(H2,14,15). The van der Waals surface area contributed by atoms with E-state index in [-0.39, 0.29) is 24.4 Å². The lowest BCUT2D eigenvalue weighted by atomic mass is 10.1. The Morgan fingerprint density at radius 3 is 2.95 bits per heavy atom. The minimum atomic E-state index is -0.211. The molecule has 2 aliphatic rings. The number of carbonyl (C=O) groups excluding carboxylic acids is 2. The average molecular weight is 277 g/mol. The summed E-state index contributed by atoms with van der Waals surface area (Å²) in [6.45, 7) is 2.24. The maximum Gasteiger partial charge on any atom is 0.245 e. The number of nitrogen functional groups attached to an aromatic ring is 1. The fourth-order valence-corrected chi connectivity index (χ4v) is 2.98. The molecule has 2 aliphatic heterocycles. The van der Waals surface area contributed by atoms with Crippen molar-refractivity contribution in [2.24, 2.45) is 0 Å². The highest BCUT2D eigenvalue weighted by molar-refractivity contribution is 5.95. The zero-order valence-electron chi connectivity index (χ0n) is 11.4. The number of aryl methyl sites for hydroxylation is 1. The van der Waals surface area contributed by atoms with Gasteiger partial charge in [-0.15, -0.1) is 0 Å². The van der Waals surface area contributed by atoms with Crippen LogP contribution in [0.2, 0.25) is 0 Å². The Bertz CT molecular complexity index is 527. The first-order valence-electron chi connectivity index (χ1n) is 7.02. The number of amides is 2. The predicted octanol–water partition coefficient (Wildman–Crippen LogP) is -0.311. The normalized spacial score (nSPS) is 22.5. The highest BCUT2D eigenvalue weighted by atomic mass is 16.2. The number of anilines is 1. The summed E-state index contributed by atoms with van der Waals surface area (Å²) in [7, 11) is 0. The summed E-state index contributed by atoms with van der Waals surface area (Å²) in [6.07, 6.45) is 4.32. The van der Waals surface area contributed by atoms with E-state index in [0.29, 0.717) is 18.9 Å². The van der Waals surface area contributed by atoms with Crippen LogP contribution in [0.5, 0.6) is 0 Å². The molecular formula is C13H19N5O2. The number of nitrogens with two attached hydrogens (primary N) is 1. The van der Waals surface area contributed by atoms with Crippen LogP contribution in [-0.4, -0.2) is 57.1 Å². The van der Waals surface area contributed by atoms with Gasteiger partial charge in [-0.05, 0) is 25.3 Å². The van der Waals surface area contributed by atoms with Gasteiger partial charge < -0.3 is 15.5 Å². The van der Waals surface area contributed by atoms with Crippen LogP contribution in [0.1, 0.15) is 19.3 Å². The van der Waals surface area contributed by atoms with E-state index in [9.17, 15) is 9.59 Å². The van der Waals surface area contributed by atoms with Crippen LogP contribution in [0.4, 0.5) is 5.82 Å². The van der Waals surface area contributed by atoms with E-state index >= 15 is 0 Å². The number of aromatic nitrogens is 2. The SMILES string of the molecule is Nc1ccn(CCCN2CC(=O)N3CCCC3C2=O)n1. The molecule has 7 heteroatoms. The first kappa shape index (κ1) is 13.0. The molecule has 3 rings (SSSR count). The molecule has 0 spiro atoms. The molecule has 0 aromatic carbocycles. The van der Waals surface area contributed by atoms with E-state index < -0.39 is 0 Å². The fraction of sp³-hybridized carbons (Fsp3) is 0.615. The molecule has 1 aromatic heterocycles. The van der Waals surface area contributed by atoms with Gasteiger partial charge in [0.2, 0.25) is 11.8 Å². The molecule has 2 fully saturated rings. The first-order valence-corrected chi connectivity index (χ1v) is 7.02. The minimum Gasteiger partial charge on any atom is -0.382 e. The van der Waals surface area contributed by atoms with E-state index in [1.165, 1.54) is 0 Å². The third-order valence-corrected chi connectivity index (χ3v) is 3.97. The summed E-state index contributed by atoms with van der Waals surface area (Å²) in [4.78, 5) is 27.7.